The summed E-state index contributed by atoms with van der Waals surface area (Å²) in [5, 5.41) is 3.15. The fourth-order valence-corrected chi connectivity index (χ4v) is 0.882. The third-order valence-corrected chi connectivity index (χ3v) is 2.50. The summed E-state index contributed by atoms with van der Waals surface area (Å²) in [6.45, 7) is 6.14. The standard InChI is InChI=1S/C10H23N3O/c1-6-13(5)10(14)8-11-7-9(2)12(3)4/h9,11H,6-8H2,1-5H3. The Kier molecular flexibility index (Phi) is 6.49. The fourth-order valence-electron chi connectivity index (χ4n) is 0.882. The Morgan fingerprint density at radius 1 is 1.36 bits per heavy atom. The quantitative estimate of drug-likeness (QED) is 0.657. The SMILES string of the molecule is CCN(C)C(=O)CNCC(C)N(C)C. The first-order valence-corrected chi connectivity index (χ1v) is 5.10. The molecule has 0 saturated heterocycles. The van der Waals surface area contributed by atoms with E-state index >= 15 is 0 Å². The molecule has 0 heterocycles. The third kappa shape index (κ3) is 5.19. The molecule has 1 unspecified atom stereocenters. The first kappa shape index (κ1) is 13.4. The van der Waals surface area contributed by atoms with Gasteiger partial charge in [-0.3, -0.25) is 4.79 Å². The van der Waals surface area contributed by atoms with E-state index in [1.165, 1.54) is 0 Å². The number of likely N-dealkylation sites (N-methyl/N-ethyl adjacent to an activating group) is 2. The average molecular weight is 201 g/mol. The van der Waals surface area contributed by atoms with Crippen LogP contribution in [0.5, 0.6) is 0 Å². The Hall–Kier alpha value is -0.610. The number of nitrogens with one attached hydrogen (secondary N) is 1. The van der Waals surface area contributed by atoms with Crippen LogP contribution in [0.3, 0.4) is 0 Å². The topological polar surface area (TPSA) is 35.6 Å². The number of hydrogen-bond donors (Lipinski definition) is 1. The molecule has 0 aliphatic carbocycles. The number of carbonyl (C=O) groups excluding carboxylic acids is 1. The van der Waals surface area contributed by atoms with Crippen LogP contribution in [0.15, 0.2) is 0 Å². The summed E-state index contributed by atoms with van der Waals surface area (Å²) in [6, 6.07) is 0.453. The van der Waals surface area contributed by atoms with E-state index in [0.29, 0.717) is 12.6 Å². The van der Waals surface area contributed by atoms with Gasteiger partial charge < -0.3 is 15.1 Å². The van der Waals surface area contributed by atoms with Crippen molar-refractivity contribution in [3.05, 3.63) is 0 Å². The molecule has 0 radical (unpaired) electrons. The largest absolute Gasteiger partial charge is 0.345 e. The van der Waals surface area contributed by atoms with E-state index in [4.69, 9.17) is 0 Å². The highest BCUT2D eigenvalue weighted by atomic mass is 16.2. The highest BCUT2D eigenvalue weighted by molar-refractivity contribution is 5.77. The lowest BCUT2D eigenvalue weighted by atomic mass is 10.3. The Morgan fingerprint density at radius 2 is 1.93 bits per heavy atom. The molecule has 4 nitrogen and oxygen atoms in total. The minimum Gasteiger partial charge on any atom is -0.345 e. The normalized spacial score (nSPS) is 13.0. The number of amides is 1. The smallest absolute Gasteiger partial charge is 0.236 e. The van der Waals surface area contributed by atoms with Crippen molar-refractivity contribution in [3.63, 3.8) is 0 Å². The zero-order chi connectivity index (χ0) is 11.1. The van der Waals surface area contributed by atoms with Gasteiger partial charge in [-0.25, -0.2) is 0 Å². The number of rotatable bonds is 6. The maximum atomic E-state index is 11.4. The lowest BCUT2D eigenvalue weighted by Crippen LogP contribution is -2.41. The predicted octanol–water partition coefficient (Wildman–Crippen LogP) is 0.00440. The minimum atomic E-state index is 0.151. The van der Waals surface area contributed by atoms with Crippen LogP contribution >= 0.6 is 0 Å². The molecule has 14 heavy (non-hydrogen) atoms. The third-order valence-electron chi connectivity index (χ3n) is 2.50. The van der Waals surface area contributed by atoms with Crippen molar-refractivity contribution in [1.82, 2.24) is 15.1 Å². The van der Waals surface area contributed by atoms with E-state index in [1.54, 1.807) is 4.90 Å². The molecule has 0 spiro atoms. The van der Waals surface area contributed by atoms with E-state index < -0.39 is 0 Å². The lowest BCUT2D eigenvalue weighted by Gasteiger charge is -2.21. The van der Waals surface area contributed by atoms with E-state index in [9.17, 15) is 4.79 Å². The molecule has 0 aromatic rings. The summed E-state index contributed by atoms with van der Waals surface area (Å²) in [7, 11) is 5.89. The number of hydrogen-bond acceptors (Lipinski definition) is 3. The molecule has 0 aliphatic heterocycles. The Labute approximate surface area is 87.3 Å². The van der Waals surface area contributed by atoms with Gasteiger partial charge in [0.25, 0.3) is 0 Å². The van der Waals surface area contributed by atoms with Gasteiger partial charge in [-0.1, -0.05) is 0 Å². The number of carbonyl (C=O) groups is 1. The molecule has 0 rings (SSSR count). The highest BCUT2D eigenvalue weighted by Crippen LogP contribution is 1.88. The van der Waals surface area contributed by atoms with Crippen LogP contribution in [0.4, 0.5) is 0 Å². The van der Waals surface area contributed by atoms with Gasteiger partial charge in [0.15, 0.2) is 0 Å². The van der Waals surface area contributed by atoms with Gasteiger partial charge in [-0.15, -0.1) is 0 Å². The zero-order valence-corrected chi connectivity index (χ0v) is 10.0. The van der Waals surface area contributed by atoms with Crippen molar-refractivity contribution >= 4 is 5.91 Å². The maximum Gasteiger partial charge on any atom is 0.236 e. The van der Waals surface area contributed by atoms with Gasteiger partial charge in [0.2, 0.25) is 5.91 Å². The van der Waals surface area contributed by atoms with Gasteiger partial charge >= 0.3 is 0 Å². The van der Waals surface area contributed by atoms with Crippen molar-refractivity contribution in [3.8, 4) is 0 Å². The molecule has 1 atom stereocenters. The van der Waals surface area contributed by atoms with E-state index in [-0.39, 0.29) is 5.91 Å². The summed E-state index contributed by atoms with van der Waals surface area (Å²) in [4.78, 5) is 15.2. The molecule has 0 aromatic heterocycles. The first-order chi connectivity index (χ1) is 6.49. The molecule has 0 saturated carbocycles. The zero-order valence-electron chi connectivity index (χ0n) is 10.0. The van der Waals surface area contributed by atoms with Crippen LogP contribution in [-0.4, -0.2) is 62.5 Å². The fraction of sp³-hybridized carbons (Fsp3) is 0.900. The molecule has 4 heteroatoms. The Morgan fingerprint density at radius 3 is 2.36 bits per heavy atom. The van der Waals surface area contributed by atoms with Crippen LogP contribution in [0.25, 0.3) is 0 Å². The van der Waals surface area contributed by atoms with Crippen LogP contribution in [-0.2, 0) is 4.79 Å². The van der Waals surface area contributed by atoms with Crippen LogP contribution < -0.4 is 5.32 Å². The highest BCUT2D eigenvalue weighted by Gasteiger charge is 2.07. The van der Waals surface area contributed by atoms with E-state index in [0.717, 1.165) is 13.1 Å². The van der Waals surface area contributed by atoms with Gasteiger partial charge in [0.05, 0.1) is 6.54 Å². The summed E-state index contributed by atoms with van der Waals surface area (Å²) in [6.07, 6.45) is 0. The minimum absolute atomic E-state index is 0.151. The molecule has 1 amide bonds. The van der Waals surface area contributed by atoms with Gasteiger partial charge in [-0.05, 0) is 27.9 Å². The summed E-state index contributed by atoms with van der Waals surface area (Å²) >= 11 is 0. The van der Waals surface area contributed by atoms with Crippen molar-refractivity contribution in [1.29, 1.82) is 0 Å². The summed E-state index contributed by atoms with van der Waals surface area (Å²) < 4.78 is 0. The van der Waals surface area contributed by atoms with Crippen LogP contribution in [0.1, 0.15) is 13.8 Å². The van der Waals surface area contributed by atoms with Crippen LogP contribution in [0.2, 0.25) is 0 Å². The molecule has 84 valence electrons. The maximum absolute atomic E-state index is 11.4. The molecule has 0 aromatic carbocycles. The van der Waals surface area contributed by atoms with Gasteiger partial charge in [0, 0.05) is 26.2 Å². The number of nitrogens with zero attached hydrogens (tertiary/aromatic N) is 2. The van der Waals surface area contributed by atoms with Crippen molar-refractivity contribution < 1.29 is 4.79 Å². The molecule has 1 N–H and O–H groups in total. The molecule has 0 bridgehead atoms. The van der Waals surface area contributed by atoms with Crippen molar-refractivity contribution in [2.24, 2.45) is 0 Å². The summed E-state index contributed by atoms with van der Waals surface area (Å²) in [5.74, 6) is 0.151. The monoisotopic (exact) mass is 201 g/mol. The first-order valence-electron chi connectivity index (χ1n) is 5.10. The van der Waals surface area contributed by atoms with Gasteiger partial charge in [0.1, 0.15) is 0 Å². The van der Waals surface area contributed by atoms with Crippen molar-refractivity contribution in [2.75, 3.05) is 40.8 Å². The van der Waals surface area contributed by atoms with Crippen molar-refractivity contribution in [2.45, 2.75) is 19.9 Å². The molecular weight excluding hydrogens is 178 g/mol. The molecule has 0 aliphatic rings. The molecule has 0 fully saturated rings. The predicted molar refractivity (Wildman–Crippen MR) is 59.3 cm³/mol. The Balaban J connectivity index is 3.59. The lowest BCUT2D eigenvalue weighted by molar-refractivity contribution is -0.128. The molecular formula is C10H23N3O. The second-order valence-corrected chi connectivity index (χ2v) is 3.85. The second-order valence-electron chi connectivity index (χ2n) is 3.85. The van der Waals surface area contributed by atoms with Crippen LogP contribution in [0, 0.1) is 0 Å². The summed E-state index contributed by atoms with van der Waals surface area (Å²) in [5.41, 5.74) is 0. The van der Waals surface area contributed by atoms with Gasteiger partial charge in [-0.2, -0.15) is 0 Å². The Bertz CT molecular complexity index is 171. The second kappa shape index (κ2) is 6.79. The van der Waals surface area contributed by atoms with E-state index in [2.05, 4.69) is 17.1 Å². The van der Waals surface area contributed by atoms with E-state index in [1.807, 2.05) is 28.1 Å². The average Bonchev–Trinajstić information content (AvgIpc) is 2.15.